The third kappa shape index (κ3) is 6.98. The molecular formula is C59H51N5. The highest BCUT2D eigenvalue weighted by molar-refractivity contribution is 5.96. The van der Waals surface area contributed by atoms with Crippen molar-refractivity contribution in [3.05, 3.63) is 207 Å². The van der Waals surface area contributed by atoms with Crippen molar-refractivity contribution in [1.82, 2.24) is 19.9 Å². The quantitative estimate of drug-likeness (QED) is 0.160. The highest BCUT2D eigenvalue weighted by atomic mass is 15.2. The van der Waals surface area contributed by atoms with Gasteiger partial charge in [0.1, 0.15) is 0 Å². The van der Waals surface area contributed by atoms with Crippen LogP contribution in [0.3, 0.4) is 0 Å². The molecule has 5 nitrogen and oxygen atoms in total. The Labute approximate surface area is 377 Å². The maximum atomic E-state index is 5.50. The fourth-order valence-electron chi connectivity index (χ4n) is 9.53. The number of anilines is 3. The van der Waals surface area contributed by atoms with Crippen molar-refractivity contribution in [1.29, 1.82) is 0 Å². The van der Waals surface area contributed by atoms with Crippen molar-refractivity contribution in [3.8, 4) is 67.8 Å². The van der Waals surface area contributed by atoms with E-state index in [9.17, 15) is 0 Å². The second-order valence-corrected chi connectivity index (χ2v) is 17.3. The molecule has 3 heterocycles. The average Bonchev–Trinajstić information content (AvgIpc) is 3.36. The van der Waals surface area contributed by atoms with Crippen LogP contribution in [0.2, 0.25) is 0 Å². The first-order chi connectivity index (χ1) is 31.1. The molecule has 1 aliphatic heterocycles. The summed E-state index contributed by atoms with van der Waals surface area (Å²) in [6.07, 6.45) is 0.875. The topological polar surface area (TPSA) is 54.8 Å². The Morgan fingerprint density at radius 2 is 0.688 bits per heavy atom. The Hall–Kier alpha value is -7.50. The van der Waals surface area contributed by atoms with E-state index in [1.54, 1.807) is 0 Å². The predicted octanol–water partition coefficient (Wildman–Crippen LogP) is 15.1. The highest BCUT2D eigenvalue weighted by Crippen LogP contribution is 2.53. The summed E-state index contributed by atoms with van der Waals surface area (Å²) in [6.45, 7) is 18.3. The molecule has 0 saturated heterocycles. The minimum absolute atomic E-state index is 0.641. The second kappa shape index (κ2) is 16.3. The van der Waals surface area contributed by atoms with Crippen LogP contribution in [-0.2, 0) is 6.42 Å². The van der Waals surface area contributed by atoms with Gasteiger partial charge in [0, 0.05) is 39.8 Å². The third-order valence-corrected chi connectivity index (χ3v) is 13.8. The summed E-state index contributed by atoms with van der Waals surface area (Å²) in [5.74, 6) is 1.31. The number of rotatable bonds is 7. The summed E-state index contributed by atoms with van der Waals surface area (Å²) in [7, 11) is 0. The van der Waals surface area contributed by atoms with Gasteiger partial charge in [0.25, 0.3) is 0 Å². The Bertz CT molecular complexity index is 3060. The molecule has 0 spiro atoms. The van der Waals surface area contributed by atoms with Gasteiger partial charge in [-0.05, 0) is 135 Å². The van der Waals surface area contributed by atoms with Crippen LogP contribution < -0.4 is 4.90 Å². The Kier molecular flexibility index (Phi) is 10.3. The van der Waals surface area contributed by atoms with Crippen LogP contribution in [0, 0.1) is 55.4 Å². The molecule has 2 aromatic heterocycles. The highest BCUT2D eigenvalue weighted by Gasteiger charge is 2.34. The van der Waals surface area contributed by atoms with E-state index < -0.39 is 0 Å². The van der Waals surface area contributed by atoms with E-state index in [4.69, 9.17) is 19.9 Å². The molecule has 0 bridgehead atoms. The molecule has 64 heavy (non-hydrogen) atoms. The lowest BCUT2D eigenvalue weighted by molar-refractivity contribution is 0.995. The predicted molar refractivity (Wildman–Crippen MR) is 266 cm³/mol. The van der Waals surface area contributed by atoms with Gasteiger partial charge in [-0.2, -0.15) is 0 Å². The minimum atomic E-state index is 0.641. The fraction of sp³-hybridized carbons (Fsp3) is 0.153. The van der Waals surface area contributed by atoms with Crippen LogP contribution in [0.15, 0.2) is 152 Å². The SMILES string of the molecule is Cc1c(C)c(C)c2c(c1C)Cc1c(C)c(C)c(C)c(C)c1N2c1ccc(-c2cc(-c3ccccc3)nc(-c3ccccc3)n2)cc1-c1nc(-c2ccccc2)cc(-c2ccccc2)n1. The lowest BCUT2D eigenvalue weighted by Gasteiger charge is -2.40. The smallest absolute Gasteiger partial charge is 0.162 e. The third-order valence-electron chi connectivity index (χ3n) is 13.8. The zero-order valence-corrected chi connectivity index (χ0v) is 37.9. The van der Waals surface area contributed by atoms with E-state index in [2.05, 4.69) is 176 Å². The van der Waals surface area contributed by atoms with E-state index in [0.29, 0.717) is 11.6 Å². The van der Waals surface area contributed by atoms with Gasteiger partial charge in [0.15, 0.2) is 11.6 Å². The molecule has 0 atom stereocenters. The van der Waals surface area contributed by atoms with Gasteiger partial charge in [0.05, 0.1) is 39.8 Å². The molecule has 9 aromatic rings. The van der Waals surface area contributed by atoms with Crippen LogP contribution in [0.4, 0.5) is 17.1 Å². The number of fused-ring (bicyclic) bond motifs is 2. The molecule has 7 aromatic carbocycles. The zero-order valence-electron chi connectivity index (χ0n) is 37.9. The molecular weight excluding hydrogens is 779 g/mol. The van der Waals surface area contributed by atoms with E-state index in [1.807, 2.05) is 36.4 Å². The molecule has 0 saturated carbocycles. The molecule has 0 aliphatic carbocycles. The maximum absolute atomic E-state index is 5.50. The van der Waals surface area contributed by atoms with Gasteiger partial charge in [-0.1, -0.05) is 127 Å². The van der Waals surface area contributed by atoms with Gasteiger partial charge < -0.3 is 4.90 Å². The van der Waals surface area contributed by atoms with Gasteiger partial charge in [-0.15, -0.1) is 0 Å². The van der Waals surface area contributed by atoms with E-state index >= 15 is 0 Å². The number of benzene rings is 7. The molecule has 0 N–H and O–H groups in total. The summed E-state index contributed by atoms with van der Waals surface area (Å²) >= 11 is 0. The van der Waals surface area contributed by atoms with Crippen LogP contribution in [-0.4, -0.2) is 19.9 Å². The fourth-order valence-corrected chi connectivity index (χ4v) is 9.53. The number of hydrogen-bond acceptors (Lipinski definition) is 5. The lowest BCUT2D eigenvalue weighted by Crippen LogP contribution is -2.25. The van der Waals surface area contributed by atoms with Crippen molar-refractivity contribution in [2.45, 2.75) is 61.8 Å². The molecule has 5 heteroatoms. The van der Waals surface area contributed by atoms with E-state index in [-0.39, 0.29) is 0 Å². The van der Waals surface area contributed by atoms with E-state index in [0.717, 1.165) is 68.3 Å². The lowest BCUT2D eigenvalue weighted by atomic mass is 9.80. The molecule has 10 rings (SSSR count). The number of nitrogens with zero attached hydrogens (tertiary/aromatic N) is 5. The first kappa shape index (κ1) is 40.6. The molecule has 0 fully saturated rings. The Morgan fingerprint density at radius 1 is 0.328 bits per heavy atom. The van der Waals surface area contributed by atoms with Crippen LogP contribution in [0.1, 0.15) is 55.6 Å². The minimum Gasteiger partial charge on any atom is -0.309 e. The molecule has 1 aliphatic rings. The summed E-state index contributed by atoms with van der Waals surface area (Å²) in [4.78, 5) is 24.0. The maximum Gasteiger partial charge on any atom is 0.162 e. The zero-order chi connectivity index (χ0) is 44.2. The Balaban J connectivity index is 1.32. The van der Waals surface area contributed by atoms with Crippen LogP contribution >= 0.6 is 0 Å². The first-order valence-electron chi connectivity index (χ1n) is 22.2. The van der Waals surface area contributed by atoms with E-state index in [1.165, 1.54) is 67.0 Å². The van der Waals surface area contributed by atoms with Crippen molar-refractivity contribution in [2.24, 2.45) is 0 Å². The van der Waals surface area contributed by atoms with Gasteiger partial charge in [0.2, 0.25) is 0 Å². The second-order valence-electron chi connectivity index (χ2n) is 17.3. The molecule has 0 unspecified atom stereocenters. The number of aromatic nitrogens is 4. The van der Waals surface area contributed by atoms with Gasteiger partial charge in [-0.3, -0.25) is 0 Å². The average molecular weight is 830 g/mol. The molecule has 0 radical (unpaired) electrons. The largest absolute Gasteiger partial charge is 0.309 e. The Morgan fingerprint density at radius 3 is 1.11 bits per heavy atom. The summed E-state index contributed by atoms with van der Waals surface area (Å²) < 4.78 is 0. The van der Waals surface area contributed by atoms with Crippen LogP contribution in [0.5, 0.6) is 0 Å². The van der Waals surface area contributed by atoms with Crippen LogP contribution in [0.25, 0.3) is 67.8 Å². The van der Waals surface area contributed by atoms with Crippen molar-refractivity contribution in [3.63, 3.8) is 0 Å². The monoisotopic (exact) mass is 829 g/mol. The summed E-state index contributed by atoms with van der Waals surface area (Å²) in [5.41, 5.74) is 26.2. The van der Waals surface area contributed by atoms with Gasteiger partial charge >= 0.3 is 0 Å². The first-order valence-corrected chi connectivity index (χ1v) is 22.2. The standard InChI is InChI=1S/C59H51N5/c1-35-37(3)41(7)56-48(39(35)5)32-49-40(6)36(2)38(4)42(8)57(49)64(56)55-30-29-47(54-34-51(43-21-13-9-14-22-43)60-58(61-54)46-27-19-12-20-28-46)31-50(55)59-62-52(44-23-15-10-16-24-44)33-53(63-59)45-25-17-11-18-26-45/h9-31,33-34H,32H2,1-8H3. The van der Waals surface area contributed by atoms with Gasteiger partial charge in [-0.25, -0.2) is 19.9 Å². The van der Waals surface area contributed by atoms with Crippen molar-refractivity contribution >= 4 is 17.1 Å². The molecule has 312 valence electrons. The molecule has 0 amide bonds. The summed E-state index contributed by atoms with van der Waals surface area (Å²) in [6, 6.07) is 52.5. The van der Waals surface area contributed by atoms with Crippen molar-refractivity contribution < 1.29 is 0 Å². The number of hydrogen-bond donors (Lipinski definition) is 0. The summed E-state index contributed by atoms with van der Waals surface area (Å²) in [5, 5.41) is 0. The normalized spacial score (nSPS) is 12.0. The van der Waals surface area contributed by atoms with Crippen molar-refractivity contribution in [2.75, 3.05) is 4.90 Å².